The summed E-state index contributed by atoms with van der Waals surface area (Å²) in [5, 5.41) is 3.84. The van der Waals surface area contributed by atoms with Gasteiger partial charge in [-0.2, -0.15) is 0 Å². The van der Waals surface area contributed by atoms with Gasteiger partial charge >= 0.3 is 0 Å². The van der Waals surface area contributed by atoms with Crippen LogP contribution in [0.25, 0.3) is 0 Å². The molecule has 0 unspecified atom stereocenters. The molecule has 1 aliphatic heterocycles. The van der Waals surface area contributed by atoms with Gasteiger partial charge in [0.2, 0.25) is 0 Å². The third kappa shape index (κ3) is 2.23. The molecule has 0 bridgehead atoms. The van der Waals surface area contributed by atoms with Crippen LogP contribution in [0.4, 0.5) is 4.39 Å². The van der Waals surface area contributed by atoms with Gasteiger partial charge in [0, 0.05) is 29.1 Å². The lowest BCUT2D eigenvalue weighted by Crippen LogP contribution is -2.58. The van der Waals surface area contributed by atoms with Crippen molar-refractivity contribution in [3.8, 4) is 0 Å². The molecule has 0 saturated carbocycles. The second kappa shape index (κ2) is 5.19. The van der Waals surface area contributed by atoms with E-state index in [1.54, 1.807) is 12.1 Å². The Morgan fingerprint density at radius 1 is 1.15 bits per heavy atom. The Morgan fingerprint density at radius 2 is 1.90 bits per heavy atom. The molecular formula is C17H17ClFN. The highest BCUT2D eigenvalue weighted by Gasteiger charge is 2.40. The van der Waals surface area contributed by atoms with Gasteiger partial charge in [-0.05, 0) is 36.6 Å². The van der Waals surface area contributed by atoms with Crippen LogP contribution >= 0.6 is 11.6 Å². The first-order valence-corrected chi connectivity index (χ1v) is 7.20. The summed E-state index contributed by atoms with van der Waals surface area (Å²) in [5.41, 5.74) is 3.12. The standard InChI is InChI=1S/C17H17ClFN/c1-12-5-2-3-6-14(12)17(10-20-11-17)9-13-15(18)7-4-8-16(13)19/h2-8,20H,9-11H2,1H3. The van der Waals surface area contributed by atoms with Crippen LogP contribution in [0.5, 0.6) is 0 Å². The van der Waals surface area contributed by atoms with E-state index in [0.717, 1.165) is 13.1 Å². The third-order valence-electron chi connectivity index (χ3n) is 4.22. The van der Waals surface area contributed by atoms with Crippen molar-refractivity contribution in [3.63, 3.8) is 0 Å². The zero-order valence-electron chi connectivity index (χ0n) is 11.4. The second-order valence-electron chi connectivity index (χ2n) is 5.58. The van der Waals surface area contributed by atoms with E-state index in [0.29, 0.717) is 17.0 Å². The van der Waals surface area contributed by atoms with Crippen LogP contribution in [0.3, 0.4) is 0 Å². The number of hydrogen-bond acceptors (Lipinski definition) is 1. The molecule has 1 aliphatic rings. The molecule has 1 heterocycles. The monoisotopic (exact) mass is 289 g/mol. The predicted octanol–water partition coefficient (Wildman–Crippen LogP) is 3.87. The van der Waals surface area contributed by atoms with Gasteiger partial charge in [-0.25, -0.2) is 4.39 Å². The van der Waals surface area contributed by atoms with Gasteiger partial charge in [0.15, 0.2) is 0 Å². The van der Waals surface area contributed by atoms with Crippen LogP contribution in [-0.2, 0) is 11.8 Å². The summed E-state index contributed by atoms with van der Waals surface area (Å²) in [6.45, 7) is 3.84. The lowest BCUT2D eigenvalue weighted by molar-refractivity contribution is 0.271. The molecule has 3 heteroatoms. The fourth-order valence-electron chi connectivity index (χ4n) is 3.04. The highest BCUT2D eigenvalue weighted by molar-refractivity contribution is 6.31. The Kier molecular flexibility index (Phi) is 3.53. The van der Waals surface area contributed by atoms with E-state index >= 15 is 0 Å². The van der Waals surface area contributed by atoms with Crippen molar-refractivity contribution >= 4 is 11.6 Å². The summed E-state index contributed by atoms with van der Waals surface area (Å²) in [6, 6.07) is 13.2. The number of rotatable bonds is 3. The fourth-order valence-corrected chi connectivity index (χ4v) is 3.27. The Labute approximate surface area is 123 Å². The maximum absolute atomic E-state index is 14.1. The third-order valence-corrected chi connectivity index (χ3v) is 4.57. The van der Waals surface area contributed by atoms with Crippen molar-refractivity contribution in [2.75, 3.05) is 13.1 Å². The maximum Gasteiger partial charge on any atom is 0.127 e. The SMILES string of the molecule is Cc1ccccc1C1(Cc2c(F)cccc2Cl)CNC1. The molecule has 3 rings (SSSR count). The van der Waals surface area contributed by atoms with Crippen molar-refractivity contribution in [3.05, 3.63) is 70.0 Å². The molecule has 20 heavy (non-hydrogen) atoms. The molecule has 1 saturated heterocycles. The zero-order chi connectivity index (χ0) is 14.2. The van der Waals surface area contributed by atoms with Crippen molar-refractivity contribution in [2.45, 2.75) is 18.8 Å². The van der Waals surface area contributed by atoms with Gasteiger partial charge < -0.3 is 5.32 Å². The fraction of sp³-hybridized carbons (Fsp3) is 0.294. The van der Waals surface area contributed by atoms with Crippen LogP contribution in [0, 0.1) is 12.7 Å². The first kappa shape index (κ1) is 13.6. The van der Waals surface area contributed by atoms with E-state index in [1.165, 1.54) is 17.2 Å². The van der Waals surface area contributed by atoms with Crippen LogP contribution in [0.1, 0.15) is 16.7 Å². The smallest absolute Gasteiger partial charge is 0.127 e. The van der Waals surface area contributed by atoms with Gasteiger partial charge in [-0.15, -0.1) is 0 Å². The van der Waals surface area contributed by atoms with E-state index in [1.807, 2.05) is 12.1 Å². The molecular weight excluding hydrogens is 273 g/mol. The Bertz CT molecular complexity index is 614. The molecule has 1 nitrogen and oxygen atoms in total. The van der Waals surface area contributed by atoms with Gasteiger partial charge in [0.05, 0.1) is 0 Å². The molecule has 0 radical (unpaired) electrons. The number of hydrogen-bond donors (Lipinski definition) is 1. The second-order valence-corrected chi connectivity index (χ2v) is 5.98. The molecule has 0 aromatic heterocycles. The largest absolute Gasteiger partial charge is 0.315 e. The van der Waals surface area contributed by atoms with Crippen LogP contribution < -0.4 is 5.32 Å². The summed E-state index contributed by atoms with van der Waals surface area (Å²) >= 11 is 6.18. The van der Waals surface area contributed by atoms with E-state index < -0.39 is 0 Å². The summed E-state index contributed by atoms with van der Waals surface area (Å²) in [7, 11) is 0. The average Bonchev–Trinajstić information content (AvgIpc) is 2.38. The van der Waals surface area contributed by atoms with Crippen molar-refractivity contribution in [1.29, 1.82) is 0 Å². The van der Waals surface area contributed by atoms with Gasteiger partial charge in [-0.3, -0.25) is 0 Å². The zero-order valence-corrected chi connectivity index (χ0v) is 12.2. The van der Waals surface area contributed by atoms with Crippen molar-refractivity contribution in [2.24, 2.45) is 0 Å². The molecule has 104 valence electrons. The van der Waals surface area contributed by atoms with E-state index in [4.69, 9.17) is 11.6 Å². The average molecular weight is 290 g/mol. The van der Waals surface area contributed by atoms with Crippen molar-refractivity contribution < 1.29 is 4.39 Å². The number of halogens is 2. The Hall–Kier alpha value is -1.38. The molecule has 0 atom stereocenters. The summed E-state index contributed by atoms with van der Waals surface area (Å²) in [6.07, 6.45) is 0.635. The number of benzene rings is 2. The highest BCUT2D eigenvalue weighted by Crippen LogP contribution is 2.36. The summed E-state index contributed by atoms with van der Waals surface area (Å²) < 4.78 is 14.1. The van der Waals surface area contributed by atoms with E-state index in [9.17, 15) is 4.39 Å². The Balaban J connectivity index is 2.01. The first-order chi connectivity index (χ1) is 9.62. The van der Waals surface area contributed by atoms with E-state index in [2.05, 4.69) is 24.4 Å². The molecule has 1 fully saturated rings. The van der Waals surface area contributed by atoms with Crippen LogP contribution in [0.2, 0.25) is 5.02 Å². The van der Waals surface area contributed by atoms with Gasteiger partial charge in [0.1, 0.15) is 5.82 Å². The van der Waals surface area contributed by atoms with Crippen LogP contribution in [0.15, 0.2) is 42.5 Å². The maximum atomic E-state index is 14.1. The molecule has 0 amide bonds. The lowest BCUT2D eigenvalue weighted by Gasteiger charge is -2.44. The predicted molar refractivity (Wildman–Crippen MR) is 80.8 cm³/mol. The molecule has 2 aromatic carbocycles. The topological polar surface area (TPSA) is 12.0 Å². The van der Waals surface area contributed by atoms with Crippen LogP contribution in [-0.4, -0.2) is 13.1 Å². The minimum Gasteiger partial charge on any atom is -0.315 e. The summed E-state index contributed by atoms with van der Waals surface area (Å²) in [4.78, 5) is 0. The molecule has 2 aromatic rings. The van der Waals surface area contributed by atoms with Gasteiger partial charge in [0.25, 0.3) is 0 Å². The molecule has 0 aliphatic carbocycles. The summed E-state index contributed by atoms with van der Waals surface area (Å²) in [5.74, 6) is -0.211. The van der Waals surface area contributed by atoms with E-state index in [-0.39, 0.29) is 11.2 Å². The van der Waals surface area contributed by atoms with Crippen molar-refractivity contribution in [1.82, 2.24) is 5.32 Å². The lowest BCUT2D eigenvalue weighted by atomic mass is 9.69. The number of aryl methyl sites for hydroxylation is 1. The van der Waals surface area contributed by atoms with Gasteiger partial charge in [-0.1, -0.05) is 41.9 Å². The number of nitrogens with one attached hydrogen (secondary N) is 1. The minimum absolute atomic E-state index is 0.0445. The molecule has 0 spiro atoms. The quantitative estimate of drug-likeness (QED) is 0.904. The normalized spacial score (nSPS) is 16.8. The highest BCUT2D eigenvalue weighted by atomic mass is 35.5. The Morgan fingerprint density at radius 3 is 2.50 bits per heavy atom. The minimum atomic E-state index is -0.211. The molecule has 1 N–H and O–H groups in total. The first-order valence-electron chi connectivity index (χ1n) is 6.82.